The standard InChI is InChI=1S/C10H11N3O2S/c1-3-15-10(14)9-11-8(12-13-9)7-6(2)4-5-16-7/h4-5H,3H2,1-2H3,(H,11,12,13). The van der Waals surface area contributed by atoms with Crippen LogP contribution in [0.5, 0.6) is 0 Å². The number of aromatic amines is 1. The number of rotatable bonds is 3. The number of nitrogens with one attached hydrogen (secondary N) is 1. The minimum atomic E-state index is -0.501. The molecule has 0 radical (unpaired) electrons. The van der Waals surface area contributed by atoms with Gasteiger partial charge in [-0.15, -0.1) is 16.4 Å². The van der Waals surface area contributed by atoms with Crippen LogP contribution in [0.3, 0.4) is 0 Å². The summed E-state index contributed by atoms with van der Waals surface area (Å²) in [5.74, 6) is 0.180. The summed E-state index contributed by atoms with van der Waals surface area (Å²) in [7, 11) is 0. The van der Waals surface area contributed by atoms with Crippen LogP contribution in [-0.2, 0) is 4.74 Å². The molecule has 1 N–H and O–H groups in total. The van der Waals surface area contributed by atoms with E-state index in [-0.39, 0.29) is 5.82 Å². The number of carbonyl (C=O) groups is 1. The number of carbonyl (C=O) groups excluding carboxylic acids is 1. The number of H-pyrrole nitrogens is 1. The van der Waals surface area contributed by atoms with Crippen LogP contribution in [0.25, 0.3) is 10.7 Å². The molecule has 0 aliphatic rings. The normalized spacial score (nSPS) is 10.4. The van der Waals surface area contributed by atoms with Crippen LogP contribution >= 0.6 is 11.3 Å². The van der Waals surface area contributed by atoms with Gasteiger partial charge < -0.3 is 4.74 Å². The summed E-state index contributed by atoms with van der Waals surface area (Å²) in [5, 5.41) is 8.53. The van der Waals surface area contributed by atoms with Crippen LogP contribution in [0.1, 0.15) is 23.1 Å². The average Bonchev–Trinajstić information content (AvgIpc) is 2.86. The first-order chi connectivity index (χ1) is 7.72. The second-order valence-electron chi connectivity index (χ2n) is 3.16. The molecule has 0 aliphatic carbocycles. The Balaban J connectivity index is 2.26. The Morgan fingerprint density at radius 2 is 2.44 bits per heavy atom. The van der Waals surface area contributed by atoms with E-state index in [0.29, 0.717) is 12.4 Å². The number of thiophene rings is 1. The van der Waals surface area contributed by atoms with Gasteiger partial charge in [-0.1, -0.05) is 0 Å². The lowest BCUT2D eigenvalue weighted by Gasteiger charge is -1.94. The Hall–Kier alpha value is -1.69. The minimum absolute atomic E-state index is 0.0738. The van der Waals surface area contributed by atoms with Gasteiger partial charge in [0.1, 0.15) is 0 Å². The molecule has 0 saturated carbocycles. The number of aromatic nitrogens is 3. The molecule has 0 spiro atoms. The third-order valence-corrected chi connectivity index (χ3v) is 3.04. The van der Waals surface area contributed by atoms with Crippen molar-refractivity contribution in [3.63, 3.8) is 0 Å². The smallest absolute Gasteiger partial charge is 0.378 e. The molecule has 2 rings (SSSR count). The number of nitrogens with zero attached hydrogens (tertiary/aromatic N) is 2. The molecule has 16 heavy (non-hydrogen) atoms. The van der Waals surface area contributed by atoms with Crippen LogP contribution in [0.15, 0.2) is 11.4 Å². The third kappa shape index (κ3) is 1.96. The molecular weight excluding hydrogens is 226 g/mol. The molecule has 2 aromatic rings. The Bertz CT molecular complexity index is 504. The topological polar surface area (TPSA) is 67.9 Å². The van der Waals surface area contributed by atoms with Crippen molar-refractivity contribution in [3.8, 4) is 10.7 Å². The zero-order chi connectivity index (χ0) is 11.5. The molecular formula is C10H11N3O2S. The summed E-state index contributed by atoms with van der Waals surface area (Å²) in [4.78, 5) is 16.4. The Kier molecular flexibility index (Phi) is 3.00. The summed E-state index contributed by atoms with van der Waals surface area (Å²) < 4.78 is 4.81. The fourth-order valence-electron chi connectivity index (χ4n) is 1.27. The van der Waals surface area contributed by atoms with E-state index in [2.05, 4.69) is 15.2 Å². The lowest BCUT2D eigenvalue weighted by molar-refractivity contribution is 0.0512. The fraction of sp³-hybridized carbons (Fsp3) is 0.300. The molecule has 0 unspecified atom stereocenters. The van der Waals surface area contributed by atoms with Gasteiger partial charge in [0, 0.05) is 0 Å². The zero-order valence-electron chi connectivity index (χ0n) is 8.98. The lowest BCUT2D eigenvalue weighted by atomic mass is 10.3. The van der Waals surface area contributed by atoms with E-state index in [1.807, 2.05) is 18.4 Å². The maximum Gasteiger partial charge on any atom is 0.378 e. The van der Waals surface area contributed by atoms with Crippen LogP contribution in [0.2, 0.25) is 0 Å². The molecule has 5 nitrogen and oxygen atoms in total. The fourth-order valence-corrected chi connectivity index (χ4v) is 2.13. The lowest BCUT2D eigenvalue weighted by Crippen LogP contribution is -2.06. The number of hydrogen-bond donors (Lipinski definition) is 1. The van der Waals surface area contributed by atoms with Gasteiger partial charge in [0.2, 0.25) is 0 Å². The van der Waals surface area contributed by atoms with Gasteiger partial charge in [0.15, 0.2) is 5.82 Å². The molecule has 0 bridgehead atoms. The highest BCUT2D eigenvalue weighted by molar-refractivity contribution is 7.13. The number of hydrogen-bond acceptors (Lipinski definition) is 5. The van der Waals surface area contributed by atoms with E-state index in [1.165, 1.54) is 0 Å². The summed E-state index contributed by atoms with van der Waals surface area (Å²) >= 11 is 1.56. The van der Waals surface area contributed by atoms with Crippen molar-refractivity contribution in [2.75, 3.05) is 6.61 Å². The Morgan fingerprint density at radius 1 is 1.62 bits per heavy atom. The molecule has 0 fully saturated rings. The van der Waals surface area contributed by atoms with E-state index in [9.17, 15) is 4.79 Å². The first-order valence-electron chi connectivity index (χ1n) is 4.86. The maximum atomic E-state index is 11.3. The maximum absolute atomic E-state index is 11.3. The molecule has 0 aromatic carbocycles. The molecule has 84 valence electrons. The summed E-state index contributed by atoms with van der Waals surface area (Å²) in [6, 6.07) is 1.99. The van der Waals surface area contributed by atoms with Gasteiger partial charge in [-0.05, 0) is 30.9 Å². The summed E-state index contributed by atoms with van der Waals surface area (Å²) in [6.07, 6.45) is 0. The van der Waals surface area contributed by atoms with Gasteiger partial charge >= 0.3 is 5.97 Å². The van der Waals surface area contributed by atoms with Crippen molar-refractivity contribution in [1.29, 1.82) is 0 Å². The average molecular weight is 237 g/mol. The highest BCUT2D eigenvalue weighted by Crippen LogP contribution is 2.25. The van der Waals surface area contributed by atoms with Gasteiger partial charge in [0.05, 0.1) is 11.5 Å². The van der Waals surface area contributed by atoms with Gasteiger partial charge in [-0.3, -0.25) is 5.10 Å². The SMILES string of the molecule is CCOC(=O)c1n[nH]c(-c2sccc2C)n1. The van der Waals surface area contributed by atoms with Crippen LogP contribution in [0.4, 0.5) is 0 Å². The highest BCUT2D eigenvalue weighted by atomic mass is 32.1. The van der Waals surface area contributed by atoms with Crippen LogP contribution in [-0.4, -0.2) is 27.8 Å². The number of aryl methyl sites for hydroxylation is 1. The van der Waals surface area contributed by atoms with Gasteiger partial charge in [-0.25, -0.2) is 9.78 Å². The zero-order valence-corrected chi connectivity index (χ0v) is 9.80. The molecule has 0 atom stereocenters. The van der Waals surface area contributed by atoms with Crippen LogP contribution in [0, 0.1) is 6.92 Å². The quantitative estimate of drug-likeness (QED) is 0.829. The predicted molar refractivity (Wildman–Crippen MR) is 60.4 cm³/mol. The van der Waals surface area contributed by atoms with Crippen LogP contribution < -0.4 is 0 Å². The largest absolute Gasteiger partial charge is 0.460 e. The molecule has 0 saturated heterocycles. The minimum Gasteiger partial charge on any atom is -0.460 e. The van der Waals surface area contributed by atoms with E-state index in [4.69, 9.17) is 4.74 Å². The van der Waals surface area contributed by atoms with Crippen molar-refractivity contribution in [3.05, 3.63) is 22.8 Å². The van der Waals surface area contributed by atoms with E-state index < -0.39 is 5.97 Å². The predicted octanol–water partition coefficient (Wildman–Crippen LogP) is 2.02. The van der Waals surface area contributed by atoms with E-state index in [1.54, 1.807) is 18.3 Å². The molecule has 6 heteroatoms. The molecule has 2 aromatic heterocycles. The second kappa shape index (κ2) is 4.44. The van der Waals surface area contributed by atoms with Crippen molar-refractivity contribution in [1.82, 2.24) is 15.2 Å². The highest BCUT2D eigenvalue weighted by Gasteiger charge is 2.15. The molecule has 0 aliphatic heterocycles. The van der Waals surface area contributed by atoms with Crippen molar-refractivity contribution < 1.29 is 9.53 Å². The number of ether oxygens (including phenoxy) is 1. The first-order valence-corrected chi connectivity index (χ1v) is 5.74. The van der Waals surface area contributed by atoms with Crippen molar-refractivity contribution >= 4 is 17.3 Å². The number of esters is 1. The molecule has 0 amide bonds. The Morgan fingerprint density at radius 3 is 3.06 bits per heavy atom. The Labute approximate surface area is 96.5 Å². The first kappa shape index (κ1) is 10.8. The second-order valence-corrected chi connectivity index (χ2v) is 4.08. The van der Waals surface area contributed by atoms with Crippen molar-refractivity contribution in [2.45, 2.75) is 13.8 Å². The summed E-state index contributed by atoms with van der Waals surface area (Å²) in [6.45, 7) is 4.05. The van der Waals surface area contributed by atoms with Gasteiger partial charge in [0.25, 0.3) is 5.82 Å². The molecule has 2 heterocycles. The van der Waals surface area contributed by atoms with E-state index in [0.717, 1.165) is 10.4 Å². The monoisotopic (exact) mass is 237 g/mol. The third-order valence-electron chi connectivity index (χ3n) is 2.02. The van der Waals surface area contributed by atoms with E-state index >= 15 is 0 Å². The van der Waals surface area contributed by atoms with Gasteiger partial charge in [-0.2, -0.15) is 0 Å². The van der Waals surface area contributed by atoms with Crippen molar-refractivity contribution in [2.24, 2.45) is 0 Å². The summed E-state index contributed by atoms with van der Waals surface area (Å²) in [5.41, 5.74) is 1.11.